The lowest BCUT2D eigenvalue weighted by molar-refractivity contribution is -0.184. The van der Waals surface area contributed by atoms with Crippen molar-refractivity contribution < 1.29 is 19.7 Å². The summed E-state index contributed by atoms with van der Waals surface area (Å²) in [6, 6.07) is 0. The number of ether oxygens (including phenoxy) is 1. The van der Waals surface area contributed by atoms with Gasteiger partial charge >= 0.3 is 5.97 Å². The highest BCUT2D eigenvalue weighted by Gasteiger charge is 2.64. The second-order valence-electron chi connectivity index (χ2n) is 12.2. The van der Waals surface area contributed by atoms with E-state index in [-0.39, 0.29) is 22.9 Å². The Morgan fingerprint density at radius 2 is 1.90 bits per heavy atom. The lowest BCUT2D eigenvalue weighted by Gasteiger charge is -2.63. The maximum Gasteiger partial charge on any atom is 0.305 e. The van der Waals surface area contributed by atoms with Crippen LogP contribution in [0.2, 0.25) is 0 Å². The molecule has 0 heterocycles. The molecule has 4 saturated carbocycles. The number of carbonyl (C=O) groups is 1. The summed E-state index contributed by atoms with van der Waals surface area (Å²) in [6.45, 7) is 7.44. The summed E-state index contributed by atoms with van der Waals surface area (Å²) in [5.74, 6) is 3.07. The number of hydrogen-bond donors (Lipinski definition) is 3. The largest absolute Gasteiger partial charge is 0.469 e. The molecule has 4 aliphatic rings. The van der Waals surface area contributed by atoms with Crippen LogP contribution in [0.4, 0.5) is 0 Å². The Morgan fingerprint density at radius 1 is 1.16 bits per heavy atom. The van der Waals surface area contributed by atoms with Crippen LogP contribution in [0.15, 0.2) is 0 Å². The molecule has 10 atom stereocenters. The summed E-state index contributed by atoms with van der Waals surface area (Å²) in [6.07, 6.45) is 9.36. The zero-order chi connectivity index (χ0) is 22.6. The number of hydrogen-bond acceptors (Lipinski definition) is 5. The van der Waals surface area contributed by atoms with Gasteiger partial charge in [-0.25, -0.2) is 0 Å². The van der Waals surface area contributed by atoms with E-state index in [1.54, 1.807) is 0 Å². The number of fused-ring (bicyclic) bond motifs is 5. The van der Waals surface area contributed by atoms with Gasteiger partial charge in [0.1, 0.15) is 0 Å². The first kappa shape index (κ1) is 23.5. The Bertz CT molecular complexity index is 684. The molecule has 5 nitrogen and oxygen atoms in total. The van der Waals surface area contributed by atoms with Crippen molar-refractivity contribution in [1.82, 2.24) is 0 Å². The molecule has 4 aliphatic carbocycles. The molecule has 0 spiro atoms. The molecule has 0 bridgehead atoms. The van der Waals surface area contributed by atoms with Crippen LogP contribution in [-0.2, 0) is 9.53 Å². The van der Waals surface area contributed by atoms with Gasteiger partial charge in [-0.05, 0) is 104 Å². The summed E-state index contributed by atoms with van der Waals surface area (Å²) in [5, 5.41) is 22.5. The molecule has 0 radical (unpaired) electrons. The molecule has 178 valence electrons. The monoisotopic (exact) mass is 435 g/mol. The molecule has 5 heteroatoms. The molecule has 0 saturated heterocycles. The van der Waals surface area contributed by atoms with Crippen molar-refractivity contribution in [3.05, 3.63) is 0 Å². The molecule has 0 aromatic carbocycles. The van der Waals surface area contributed by atoms with E-state index in [2.05, 4.69) is 20.8 Å². The van der Waals surface area contributed by atoms with Gasteiger partial charge in [-0.1, -0.05) is 20.8 Å². The zero-order valence-corrected chi connectivity index (χ0v) is 20.1. The Hall–Kier alpha value is -0.650. The van der Waals surface area contributed by atoms with Crippen molar-refractivity contribution in [2.45, 2.75) is 96.7 Å². The van der Waals surface area contributed by atoms with Crippen LogP contribution in [-0.4, -0.2) is 41.5 Å². The van der Waals surface area contributed by atoms with Gasteiger partial charge in [0, 0.05) is 13.0 Å². The van der Waals surface area contributed by atoms with E-state index < -0.39 is 5.60 Å². The Kier molecular flexibility index (Phi) is 6.28. The van der Waals surface area contributed by atoms with E-state index >= 15 is 0 Å². The third-order valence-corrected chi connectivity index (χ3v) is 11.1. The minimum absolute atomic E-state index is 0.0490. The molecule has 0 aromatic rings. The zero-order valence-electron chi connectivity index (χ0n) is 20.1. The van der Waals surface area contributed by atoms with Crippen LogP contribution in [0, 0.1) is 46.3 Å². The average molecular weight is 436 g/mol. The predicted octanol–water partition coefficient (Wildman–Crippen LogP) is 3.90. The van der Waals surface area contributed by atoms with Crippen molar-refractivity contribution in [3.8, 4) is 0 Å². The van der Waals surface area contributed by atoms with Gasteiger partial charge in [-0.2, -0.15) is 0 Å². The highest BCUT2D eigenvalue weighted by molar-refractivity contribution is 5.69. The standard InChI is InChI=1S/C26H45NO4/c1-16(5-10-23(29)31-4)19-8-9-20-18-7-6-17-14-26(30,15-27)12-11-24(17,2)21(18)13-22(28)25(19,20)3/h16-22,28,30H,5-15,27H2,1-4H3/t16-,17-,18+,19-,20+,21+,22+,24+,25-,26+/m1/s1. The Balaban J connectivity index is 1.53. The van der Waals surface area contributed by atoms with Crippen LogP contribution in [0.25, 0.3) is 0 Å². The van der Waals surface area contributed by atoms with E-state index in [1.165, 1.54) is 26.4 Å². The van der Waals surface area contributed by atoms with Crippen LogP contribution in [0.1, 0.15) is 85.0 Å². The lowest BCUT2D eigenvalue weighted by atomic mass is 9.43. The topological polar surface area (TPSA) is 92.8 Å². The molecule has 31 heavy (non-hydrogen) atoms. The van der Waals surface area contributed by atoms with Crippen molar-refractivity contribution in [2.75, 3.05) is 13.7 Å². The fourth-order valence-electron chi connectivity index (χ4n) is 9.08. The third kappa shape index (κ3) is 3.67. The molecular weight excluding hydrogens is 390 g/mol. The van der Waals surface area contributed by atoms with E-state index in [9.17, 15) is 15.0 Å². The summed E-state index contributed by atoms with van der Waals surface area (Å²) in [5.41, 5.74) is 5.39. The average Bonchev–Trinajstić information content (AvgIpc) is 3.12. The number of rotatable bonds is 5. The van der Waals surface area contributed by atoms with Crippen LogP contribution in [0.5, 0.6) is 0 Å². The second kappa shape index (κ2) is 8.29. The van der Waals surface area contributed by atoms with Crippen LogP contribution >= 0.6 is 0 Å². The van der Waals surface area contributed by atoms with Gasteiger partial charge in [0.05, 0.1) is 18.8 Å². The van der Waals surface area contributed by atoms with Gasteiger partial charge in [-0.3, -0.25) is 4.79 Å². The maximum atomic E-state index is 11.7. The molecule has 4 fully saturated rings. The molecule has 4 rings (SSSR count). The van der Waals surface area contributed by atoms with Crippen molar-refractivity contribution in [3.63, 3.8) is 0 Å². The molecule has 0 unspecified atom stereocenters. The first-order valence-corrected chi connectivity index (χ1v) is 12.8. The number of carbonyl (C=O) groups excluding carboxylic acids is 1. The molecule has 0 aliphatic heterocycles. The number of esters is 1. The summed E-state index contributed by atoms with van der Waals surface area (Å²) < 4.78 is 4.86. The lowest BCUT2D eigenvalue weighted by Crippen LogP contribution is -2.60. The summed E-state index contributed by atoms with van der Waals surface area (Å²) in [7, 11) is 1.46. The highest BCUT2D eigenvalue weighted by atomic mass is 16.5. The minimum Gasteiger partial charge on any atom is -0.469 e. The molecule has 0 amide bonds. The Labute approximate surface area is 188 Å². The number of aliphatic hydroxyl groups is 2. The van der Waals surface area contributed by atoms with Gasteiger partial charge in [0.2, 0.25) is 0 Å². The van der Waals surface area contributed by atoms with E-state index in [4.69, 9.17) is 10.5 Å². The van der Waals surface area contributed by atoms with Crippen LogP contribution in [0.3, 0.4) is 0 Å². The smallest absolute Gasteiger partial charge is 0.305 e. The fraction of sp³-hybridized carbons (Fsp3) is 0.962. The van der Waals surface area contributed by atoms with Gasteiger partial charge < -0.3 is 20.7 Å². The van der Waals surface area contributed by atoms with E-state index in [0.717, 1.165) is 38.5 Å². The fourth-order valence-corrected chi connectivity index (χ4v) is 9.08. The highest BCUT2D eigenvalue weighted by Crippen LogP contribution is 2.68. The van der Waals surface area contributed by atoms with Gasteiger partial charge in [-0.15, -0.1) is 0 Å². The van der Waals surface area contributed by atoms with Crippen molar-refractivity contribution in [1.29, 1.82) is 0 Å². The van der Waals surface area contributed by atoms with Crippen molar-refractivity contribution >= 4 is 5.97 Å². The normalized spacial score (nSPS) is 50.2. The van der Waals surface area contributed by atoms with Gasteiger partial charge in [0.25, 0.3) is 0 Å². The second-order valence-corrected chi connectivity index (χ2v) is 12.2. The first-order valence-electron chi connectivity index (χ1n) is 12.8. The SMILES string of the molecule is COC(=O)CC[C@@H](C)[C@H]1CC[C@H]2[C@@H]3CC[C@@H]4C[C@](O)(CN)CC[C@]4(C)[C@H]3C[C@H](O)[C@]12C. The molecule has 4 N–H and O–H groups in total. The van der Waals surface area contributed by atoms with Crippen molar-refractivity contribution in [2.24, 2.45) is 52.1 Å². The molecule has 0 aromatic heterocycles. The predicted molar refractivity (Wildman–Crippen MR) is 121 cm³/mol. The van der Waals surface area contributed by atoms with E-state index in [1.807, 2.05) is 0 Å². The third-order valence-electron chi connectivity index (χ3n) is 11.1. The molecular formula is C26H45NO4. The summed E-state index contributed by atoms with van der Waals surface area (Å²) in [4.78, 5) is 11.7. The minimum atomic E-state index is -0.688. The summed E-state index contributed by atoms with van der Waals surface area (Å²) >= 11 is 0. The Morgan fingerprint density at radius 3 is 2.58 bits per heavy atom. The number of methoxy groups -OCH3 is 1. The number of nitrogens with two attached hydrogens (primary N) is 1. The maximum absolute atomic E-state index is 11.7. The van der Waals surface area contributed by atoms with E-state index in [0.29, 0.717) is 48.5 Å². The quantitative estimate of drug-likeness (QED) is 0.570. The number of aliphatic hydroxyl groups excluding tert-OH is 1. The van der Waals surface area contributed by atoms with Crippen LogP contribution < -0.4 is 5.73 Å². The van der Waals surface area contributed by atoms with Gasteiger partial charge in [0.15, 0.2) is 0 Å². The first-order chi connectivity index (χ1) is 14.6.